The number of benzene rings is 2. The third kappa shape index (κ3) is 5.38. The molecule has 29 heavy (non-hydrogen) atoms. The Morgan fingerprint density at radius 1 is 1.07 bits per heavy atom. The normalized spacial score (nSPS) is 13.0. The number of hydrogen-bond acceptors (Lipinski definition) is 5. The van der Waals surface area contributed by atoms with Crippen LogP contribution in [0.5, 0.6) is 11.5 Å². The molecule has 6 heteroatoms. The topological polar surface area (TPSA) is 50.8 Å². The van der Waals surface area contributed by atoms with E-state index in [1.807, 2.05) is 55.9 Å². The average molecular weight is 415 g/mol. The highest BCUT2D eigenvalue weighted by atomic mass is 32.2. The summed E-state index contributed by atoms with van der Waals surface area (Å²) in [5, 5.41) is 3.04. The minimum Gasteiger partial charge on any atom is -0.490 e. The van der Waals surface area contributed by atoms with Gasteiger partial charge in [0.1, 0.15) is 0 Å². The summed E-state index contributed by atoms with van der Waals surface area (Å²) in [6, 6.07) is 12.0. The van der Waals surface area contributed by atoms with Crippen LogP contribution in [0.1, 0.15) is 36.7 Å². The zero-order chi connectivity index (χ0) is 20.6. The number of nitrogens with one attached hydrogen (secondary N) is 1. The van der Waals surface area contributed by atoms with Crippen LogP contribution in [0, 0.1) is 0 Å². The first-order valence-electron chi connectivity index (χ1n) is 10.3. The van der Waals surface area contributed by atoms with Crippen LogP contribution < -0.4 is 19.7 Å². The van der Waals surface area contributed by atoms with Crippen molar-refractivity contribution in [1.29, 1.82) is 0 Å². The first-order chi connectivity index (χ1) is 14.2. The maximum Gasteiger partial charge on any atom is 0.251 e. The molecule has 0 spiro atoms. The molecule has 0 saturated carbocycles. The van der Waals surface area contributed by atoms with Crippen molar-refractivity contribution in [2.45, 2.75) is 32.1 Å². The fraction of sp³-hybridized carbons (Fsp3) is 0.435. The van der Waals surface area contributed by atoms with E-state index in [4.69, 9.17) is 9.47 Å². The molecule has 0 aromatic heterocycles. The molecule has 1 aliphatic heterocycles. The zero-order valence-corrected chi connectivity index (χ0v) is 18.3. The molecule has 1 heterocycles. The predicted molar refractivity (Wildman–Crippen MR) is 120 cm³/mol. The molecule has 1 aliphatic rings. The maximum atomic E-state index is 12.6. The minimum absolute atomic E-state index is 0.0320. The van der Waals surface area contributed by atoms with E-state index in [-0.39, 0.29) is 5.91 Å². The molecule has 0 unspecified atom stereocenters. The smallest absolute Gasteiger partial charge is 0.251 e. The Morgan fingerprint density at radius 2 is 1.86 bits per heavy atom. The SMILES string of the molecule is CCOc1ccc(CCNC(=O)c2ccc3c(c2)N(CC)CCS3)cc1OCC. The number of carbonyl (C=O) groups excluding carboxylic acids is 1. The van der Waals surface area contributed by atoms with E-state index in [2.05, 4.69) is 23.2 Å². The number of fused-ring (bicyclic) bond motifs is 1. The molecule has 0 radical (unpaired) electrons. The average Bonchev–Trinajstić information content (AvgIpc) is 2.75. The van der Waals surface area contributed by atoms with Crippen LogP contribution in [0.4, 0.5) is 5.69 Å². The molecule has 2 aromatic carbocycles. The van der Waals surface area contributed by atoms with Gasteiger partial charge in [-0.15, -0.1) is 11.8 Å². The fourth-order valence-corrected chi connectivity index (χ4v) is 4.45. The van der Waals surface area contributed by atoms with Crippen LogP contribution in [0.25, 0.3) is 0 Å². The molecule has 1 amide bonds. The summed E-state index contributed by atoms with van der Waals surface area (Å²) < 4.78 is 11.3. The molecular formula is C23H30N2O3S. The van der Waals surface area contributed by atoms with Crippen LogP contribution >= 0.6 is 11.8 Å². The van der Waals surface area contributed by atoms with Crippen LogP contribution in [0.3, 0.4) is 0 Å². The number of carbonyl (C=O) groups is 1. The van der Waals surface area contributed by atoms with Crippen molar-refractivity contribution < 1.29 is 14.3 Å². The molecule has 0 aliphatic carbocycles. The highest BCUT2D eigenvalue weighted by molar-refractivity contribution is 7.99. The summed E-state index contributed by atoms with van der Waals surface area (Å²) in [5.74, 6) is 2.58. The van der Waals surface area contributed by atoms with Gasteiger partial charge in [0.2, 0.25) is 0 Å². The van der Waals surface area contributed by atoms with Crippen molar-refractivity contribution in [3.05, 3.63) is 47.5 Å². The summed E-state index contributed by atoms with van der Waals surface area (Å²) >= 11 is 1.86. The summed E-state index contributed by atoms with van der Waals surface area (Å²) in [7, 11) is 0. The fourth-order valence-electron chi connectivity index (χ4n) is 3.42. The monoisotopic (exact) mass is 414 g/mol. The van der Waals surface area contributed by atoms with E-state index in [1.165, 1.54) is 10.6 Å². The van der Waals surface area contributed by atoms with Crippen molar-refractivity contribution >= 4 is 23.4 Å². The molecule has 0 bridgehead atoms. The van der Waals surface area contributed by atoms with Crippen molar-refractivity contribution in [3.63, 3.8) is 0 Å². The molecule has 2 aromatic rings. The summed E-state index contributed by atoms with van der Waals surface area (Å²) in [6.45, 7) is 9.81. The Bertz CT molecular complexity index is 841. The molecular weight excluding hydrogens is 384 g/mol. The van der Waals surface area contributed by atoms with Crippen molar-refractivity contribution in [2.75, 3.05) is 43.5 Å². The molecule has 156 valence electrons. The number of anilines is 1. The molecule has 0 saturated heterocycles. The van der Waals surface area contributed by atoms with Gasteiger partial charge in [0.05, 0.1) is 18.9 Å². The van der Waals surface area contributed by atoms with Gasteiger partial charge in [0.25, 0.3) is 5.91 Å². The summed E-state index contributed by atoms with van der Waals surface area (Å²) in [5.41, 5.74) is 2.99. The Hall–Kier alpha value is -2.34. The first kappa shape index (κ1) is 21.4. The van der Waals surface area contributed by atoms with Crippen molar-refractivity contribution in [3.8, 4) is 11.5 Å². The molecule has 0 atom stereocenters. The van der Waals surface area contributed by atoms with Gasteiger partial charge in [-0.25, -0.2) is 0 Å². The van der Waals surface area contributed by atoms with Gasteiger partial charge in [-0.3, -0.25) is 4.79 Å². The lowest BCUT2D eigenvalue weighted by Gasteiger charge is -2.30. The third-order valence-corrected chi connectivity index (χ3v) is 5.91. The first-order valence-corrected chi connectivity index (χ1v) is 11.3. The van der Waals surface area contributed by atoms with Gasteiger partial charge in [-0.2, -0.15) is 0 Å². The van der Waals surface area contributed by atoms with Crippen LogP contribution in [0.2, 0.25) is 0 Å². The Morgan fingerprint density at radius 3 is 2.62 bits per heavy atom. The van der Waals surface area contributed by atoms with Crippen molar-refractivity contribution in [1.82, 2.24) is 5.32 Å². The lowest BCUT2D eigenvalue weighted by atomic mass is 10.1. The highest BCUT2D eigenvalue weighted by Crippen LogP contribution is 2.35. The standard InChI is InChI=1S/C23H30N2O3S/c1-4-25-13-14-29-22-10-8-18(16-19(22)25)23(26)24-12-11-17-7-9-20(27-5-2)21(15-17)28-6-3/h7-10,15-16H,4-6,11-14H2,1-3H3,(H,24,26). The van der Waals surface area contributed by atoms with E-state index >= 15 is 0 Å². The number of thioether (sulfide) groups is 1. The van der Waals surface area contributed by atoms with Gasteiger partial charge >= 0.3 is 0 Å². The lowest BCUT2D eigenvalue weighted by molar-refractivity contribution is 0.0954. The minimum atomic E-state index is -0.0320. The van der Waals surface area contributed by atoms with E-state index < -0.39 is 0 Å². The zero-order valence-electron chi connectivity index (χ0n) is 17.5. The summed E-state index contributed by atoms with van der Waals surface area (Å²) in [6.07, 6.45) is 0.736. The predicted octanol–water partition coefficient (Wildman–Crippen LogP) is 4.39. The highest BCUT2D eigenvalue weighted by Gasteiger charge is 2.18. The van der Waals surface area contributed by atoms with Crippen LogP contribution in [-0.4, -0.2) is 44.5 Å². The maximum absolute atomic E-state index is 12.6. The van der Waals surface area contributed by atoms with Crippen molar-refractivity contribution in [2.24, 2.45) is 0 Å². The van der Waals surface area contributed by atoms with Crippen LogP contribution in [-0.2, 0) is 6.42 Å². The molecule has 0 fully saturated rings. The van der Waals surface area contributed by atoms with E-state index in [9.17, 15) is 4.79 Å². The number of rotatable bonds is 9. The van der Waals surface area contributed by atoms with Gasteiger partial charge in [0.15, 0.2) is 11.5 Å². The van der Waals surface area contributed by atoms with Gasteiger partial charge < -0.3 is 19.7 Å². The molecule has 5 nitrogen and oxygen atoms in total. The second kappa shape index (κ2) is 10.4. The quantitative estimate of drug-likeness (QED) is 0.660. The number of amides is 1. The molecule has 3 rings (SSSR count). The second-order valence-corrected chi connectivity index (χ2v) is 7.90. The second-order valence-electron chi connectivity index (χ2n) is 6.76. The lowest BCUT2D eigenvalue weighted by Crippen LogP contribution is -2.30. The number of hydrogen-bond donors (Lipinski definition) is 1. The molecule has 1 N–H and O–H groups in total. The van der Waals surface area contributed by atoms with E-state index in [0.717, 1.165) is 42.3 Å². The van der Waals surface area contributed by atoms with E-state index in [1.54, 1.807) is 0 Å². The number of nitrogens with zero attached hydrogens (tertiary/aromatic N) is 1. The Balaban J connectivity index is 1.61. The van der Waals surface area contributed by atoms with Gasteiger partial charge in [0, 0.05) is 35.8 Å². The Labute approximate surface area is 177 Å². The third-order valence-electron chi connectivity index (χ3n) is 4.87. The van der Waals surface area contributed by atoms with E-state index in [0.29, 0.717) is 25.3 Å². The summed E-state index contributed by atoms with van der Waals surface area (Å²) in [4.78, 5) is 16.2. The van der Waals surface area contributed by atoms with Gasteiger partial charge in [-0.05, 0) is 63.1 Å². The van der Waals surface area contributed by atoms with Gasteiger partial charge in [-0.1, -0.05) is 6.07 Å². The Kier molecular flexibility index (Phi) is 7.69. The van der Waals surface area contributed by atoms with Crippen LogP contribution in [0.15, 0.2) is 41.3 Å². The number of ether oxygens (including phenoxy) is 2. The largest absolute Gasteiger partial charge is 0.490 e.